The van der Waals surface area contributed by atoms with Gasteiger partial charge in [0.05, 0.1) is 13.5 Å². The summed E-state index contributed by atoms with van der Waals surface area (Å²) in [6.45, 7) is 0.374. The van der Waals surface area contributed by atoms with Crippen molar-refractivity contribution in [1.82, 2.24) is 10.6 Å². The molecule has 1 aromatic heterocycles. The van der Waals surface area contributed by atoms with E-state index in [1.807, 2.05) is 97.1 Å². The molecule has 5 rings (SSSR count). The molecule has 0 saturated heterocycles. The van der Waals surface area contributed by atoms with Crippen LogP contribution in [0.5, 0.6) is 5.75 Å². The van der Waals surface area contributed by atoms with E-state index < -0.39 is 6.04 Å². The maximum absolute atomic E-state index is 13.3. The molecule has 0 aliphatic heterocycles. The first-order valence-corrected chi connectivity index (χ1v) is 12.2. The normalized spacial score (nSPS) is 11.8. The fraction of sp³-hybridized carbons (Fsp3) is 0.161. The van der Waals surface area contributed by atoms with Crippen molar-refractivity contribution in [2.45, 2.75) is 25.4 Å². The van der Waals surface area contributed by atoms with Crippen LogP contribution < -0.4 is 15.4 Å². The largest absolute Gasteiger partial charge is 0.497 e. The number of carbonyl (C=O) groups excluding carboxylic acids is 2. The topological polar surface area (TPSA) is 80.6 Å². The summed E-state index contributed by atoms with van der Waals surface area (Å²) in [6, 6.07) is 30.0. The SMILES string of the molecule is COc1ccc(CC(=O)NC(Cc2cccc3c2oc2ccccc23)C(=O)NCc2ccccc2)cc1. The molecule has 2 N–H and O–H groups in total. The van der Waals surface area contributed by atoms with Gasteiger partial charge in [0.1, 0.15) is 23.0 Å². The number of carbonyl (C=O) groups is 2. The van der Waals surface area contributed by atoms with Gasteiger partial charge in [0, 0.05) is 23.7 Å². The number of benzene rings is 4. The minimum absolute atomic E-state index is 0.154. The van der Waals surface area contributed by atoms with E-state index >= 15 is 0 Å². The zero-order valence-electron chi connectivity index (χ0n) is 20.6. The van der Waals surface area contributed by atoms with Gasteiger partial charge in [-0.3, -0.25) is 9.59 Å². The number of amides is 2. The molecule has 0 aliphatic carbocycles. The smallest absolute Gasteiger partial charge is 0.243 e. The Kier molecular flexibility index (Phi) is 7.17. The Bertz CT molecular complexity index is 1520. The number of hydrogen-bond donors (Lipinski definition) is 2. The molecule has 6 heteroatoms. The first-order valence-electron chi connectivity index (χ1n) is 12.2. The maximum Gasteiger partial charge on any atom is 0.243 e. The van der Waals surface area contributed by atoms with Crippen LogP contribution in [0, 0.1) is 0 Å². The predicted molar refractivity (Wildman–Crippen MR) is 144 cm³/mol. The molecule has 1 unspecified atom stereocenters. The monoisotopic (exact) mass is 492 g/mol. The van der Waals surface area contributed by atoms with E-state index in [-0.39, 0.29) is 18.2 Å². The minimum atomic E-state index is -0.770. The summed E-state index contributed by atoms with van der Waals surface area (Å²) in [5.74, 6) is 0.239. The number of rotatable bonds is 9. The molecular formula is C31H28N2O4. The van der Waals surface area contributed by atoms with E-state index in [1.165, 1.54) is 0 Å². The second kappa shape index (κ2) is 11.0. The number of fused-ring (bicyclic) bond motifs is 3. The molecule has 1 heterocycles. The van der Waals surface area contributed by atoms with Gasteiger partial charge in [0.25, 0.3) is 0 Å². The van der Waals surface area contributed by atoms with Crippen LogP contribution in [-0.2, 0) is 29.0 Å². The van der Waals surface area contributed by atoms with Gasteiger partial charge in [0.15, 0.2) is 0 Å². The lowest BCUT2D eigenvalue weighted by Gasteiger charge is -2.19. The second-order valence-corrected chi connectivity index (χ2v) is 8.94. The number of methoxy groups -OCH3 is 1. The summed E-state index contributed by atoms with van der Waals surface area (Å²) in [6.07, 6.45) is 0.452. The van der Waals surface area contributed by atoms with Crippen LogP contribution in [-0.4, -0.2) is 25.0 Å². The highest BCUT2D eigenvalue weighted by Crippen LogP contribution is 2.31. The highest BCUT2D eigenvalue weighted by atomic mass is 16.5. The van der Waals surface area contributed by atoms with Crippen LogP contribution in [0.3, 0.4) is 0 Å². The Hall–Kier alpha value is -4.58. The molecule has 0 aliphatic rings. The number of hydrogen-bond acceptors (Lipinski definition) is 4. The van der Waals surface area contributed by atoms with Crippen LogP contribution in [0.2, 0.25) is 0 Å². The van der Waals surface area contributed by atoms with Gasteiger partial charge in [-0.25, -0.2) is 0 Å². The first kappa shape index (κ1) is 24.1. The van der Waals surface area contributed by atoms with E-state index in [2.05, 4.69) is 10.6 Å². The van der Waals surface area contributed by atoms with Crippen molar-refractivity contribution in [2.75, 3.05) is 7.11 Å². The third-order valence-electron chi connectivity index (χ3n) is 6.39. The second-order valence-electron chi connectivity index (χ2n) is 8.94. The molecule has 0 saturated carbocycles. The Morgan fingerprint density at radius 2 is 1.54 bits per heavy atom. The van der Waals surface area contributed by atoms with Crippen molar-refractivity contribution in [3.05, 3.63) is 114 Å². The molecule has 0 spiro atoms. The van der Waals surface area contributed by atoms with E-state index in [0.717, 1.165) is 44.4 Å². The Morgan fingerprint density at radius 1 is 0.811 bits per heavy atom. The van der Waals surface area contributed by atoms with Gasteiger partial charge in [0.2, 0.25) is 11.8 Å². The highest BCUT2D eigenvalue weighted by Gasteiger charge is 2.23. The summed E-state index contributed by atoms with van der Waals surface area (Å²) in [5.41, 5.74) is 4.20. The number of furan rings is 1. The van der Waals surface area contributed by atoms with E-state index in [4.69, 9.17) is 9.15 Å². The van der Waals surface area contributed by atoms with Crippen molar-refractivity contribution in [3.63, 3.8) is 0 Å². The molecule has 4 aromatic carbocycles. The van der Waals surface area contributed by atoms with Crippen molar-refractivity contribution < 1.29 is 18.7 Å². The molecule has 0 radical (unpaired) electrons. The Balaban J connectivity index is 1.38. The molecule has 0 fully saturated rings. The quantitative estimate of drug-likeness (QED) is 0.297. The van der Waals surface area contributed by atoms with Crippen LogP contribution in [0.1, 0.15) is 16.7 Å². The first-order chi connectivity index (χ1) is 18.1. The van der Waals surface area contributed by atoms with Gasteiger partial charge in [-0.2, -0.15) is 0 Å². The van der Waals surface area contributed by atoms with Crippen LogP contribution >= 0.6 is 0 Å². The summed E-state index contributed by atoms with van der Waals surface area (Å²) < 4.78 is 11.4. The molecule has 37 heavy (non-hydrogen) atoms. The van der Waals surface area contributed by atoms with Gasteiger partial charge >= 0.3 is 0 Å². The fourth-order valence-electron chi connectivity index (χ4n) is 4.48. The van der Waals surface area contributed by atoms with Crippen molar-refractivity contribution in [3.8, 4) is 5.75 Å². The summed E-state index contributed by atoms with van der Waals surface area (Å²) in [5, 5.41) is 7.94. The standard InChI is InChI=1S/C31H28N2O4/c1-36-24-16-14-21(15-17-24)18-29(34)33-27(31(35)32-20-22-8-3-2-4-9-22)19-23-10-7-12-26-25-11-5-6-13-28(25)37-30(23)26/h2-17,27H,18-20H2,1H3,(H,32,35)(H,33,34). The highest BCUT2D eigenvalue weighted by molar-refractivity contribution is 6.06. The average molecular weight is 493 g/mol. The van der Waals surface area contributed by atoms with Crippen LogP contribution in [0.15, 0.2) is 101 Å². The molecule has 0 bridgehead atoms. The predicted octanol–water partition coefficient (Wildman–Crippen LogP) is 5.18. The minimum Gasteiger partial charge on any atom is -0.497 e. The van der Waals surface area contributed by atoms with Crippen molar-refractivity contribution in [1.29, 1.82) is 0 Å². The van der Waals surface area contributed by atoms with E-state index in [9.17, 15) is 9.59 Å². The number of ether oxygens (including phenoxy) is 1. The van der Waals surface area contributed by atoms with Gasteiger partial charge < -0.3 is 19.8 Å². The fourth-order valence-corrected chi connectivity index (χ4v) is 4.48. The van der Waals surface area contributed by atoms with Gasteiger partial charge in [-0.1, -0.05) is 78.9 Å². The Morgan fingerprint density at radius 3 is 2.32 bits per heavy atom. The summed E-state index contributed by atoms with van der Waals surface area (Å²) >= 11 is 0. The molecule has 186 valence electrons. The van der Waals surface area contributed by atoms with Gasteiger partial charge in [-0.05, 0) is 34.9 Å². The lowest BCUT2D eigenvalue weighted by molar-refractivity contribution is -0.128. The maximum atomic E-state index is 13.3. The lowest BCUT2D eigenvalue weighted by atomic mass is 10.0. The molecule has 1 atom stereocenters. The summed E-state index contributed by atoms with van der Waals surface area (Å²) in [4.78, 5) is 26.3. The zero-order chi connectivity index (χ0) is 25.6. The van der Waals surface area contributed by atoms with Crippen LogP contribution in [0.25, 0.3) is 21.9 Å². The Labute approximate surface area is 215 Å². The van der Waals surface area contributed by atoms with E-state index in [0.29, 0.717) is 13.0 Å². The number of para-hydroxylation sites is 2. The third kappa shape index (κ3) is 5.64. The molecule has 5 aromatic rings. The van der Waals surface area contributed by atoms with E-state index in [1.54, 1.807) is 7.11 Å². The average Bonchev–Trinajstić information content (AvgIpc) is 3.32. The van der Waals surface area contributed by atoms with Crippen molar-refractivity contribution >= 4 is 33.8 Å². The molecular weight excluding hydrogens is 464 g/mol. The lowest BCUT2D eigenvalue weighted by Crippen LogP contribution is -2.48. The molecule has 2 amide bonds. The third-order valence-corrected chi connectivity index (χ3v) is 6.39. The van der Waals surface area contributed by atoms with Crippen LogP contribution in [0.4, 0.5) is 0 Å². The molecule has 6 nitrogen and oxygen atoms in total. The number of nitrogens with one attached hydrogen (secondary N) is 2. The zero-order valence-corrected chi connectivity index (χ0v) is 20.6. The summed E-state index contributed by atoms with van der Waals surface area (Å²) in [7, 11) is 1.60. The van der Waals surface area contributed by atoms with Crippen molar-refractivity contribution in [2.24, 2.45) is 0 Å². The van der Waals surface area contributed by atoms with Gasteiger partial charge in [-0.15, -0.1) is 0 Å².